The molecule has 0 atom stereocenters. The fourth-order valence-electron chi connectivity index (χ4n) is 3.91. The lowest BCUT2D eigenvalue weighted by atomic mass is 10.1. The molecule has 3 heterocycles. The highest BCUT2D eigenvalue weighted by Crippen LogP contribution is 2.30. The van der Waals surface area contributed by atoms with Gasteiger partial charge in [-0.1, -0.05) is 12.1 Å². The molecule has 1 amide bonds. The average molecular weight is 483 g/mol. The van der Waals surface area contributed by atoms with Gasteiger partial charge in [0.05, 0.1) is 31.2 Å². The molecule has 1 aliphatic rings. The Labute approximate surface area is 197 Å². The van der Waals surface area contributed by atoms with E-state index >= 15 is 0 Å². The van der Waals surface area contributed by atoms with Crippen LogP contribution in [0, 0.1) is 6.92 Å². The summed E-state index contributed by atoms with van der Waals surface area (Å²) >= 11 is 0. The zero-order chi connectivity index (χ0) is 24.6. The molecule has 8 nitrogen and oxygen atoms in total. The number of carbonyl (C=O) groups is 1. The van der Waals surface area contributed by atoms with Crippen molar-refractivity contribution < 1.29 is 27.4 Å². The Morgan fingerprint density at radius 3 is 2.74 bits per heavy atom. The molecule has 2 aromatic heterocycles. The molecule has 1 aliphatic heterocycles. The molecule has 0 bridgehead atoms. The number of hydrogen-bond donors (Lipinski definition) is 1. The summed E-state index contributed by atoms with van der Waals surface area (Å²) in [6.07, 6.45) is 2.11. The van der Waals surface area contributed by atoms with Crippen molar-refractivity contribution >= 4 is 22.8 Å². The number of fused-ring (bicyclic) bond motifs is 1. The summed E-state index contributed by atoms with van der Waals surface area (Å²) in [5.41, 5.74) is 3.05. The Balaban J connectivity index is 1.24. The first-order valence-electron chi connectivity index (χ1n) is 10.7. The highest BCUT2D eigenvalue weighted by Gasteiger charge is 2.32. The van der Waals surface area contributed by atoms with E-state index in [4.69, 9.17) is 4.74 Å². The van der Waals surface area contributed by atoms with Crippen molar-refractivity contribution in [1.29, 1.82) is 0 Å². The first kappa shape index (κ1) is 22.5. The minimum Gasteiger partial charge on any atom is -0.486 e. The predicted octanol–water partition coefficient (Wildman–Crippen LogP) is 4.46. The van der Waals surface area contributed by atoms with Crippen LogP contribution in [0.4, 0.5) is 24.5 Å². The van der Waals surface area contributed by atoms with Gasteiger partial charge in [-0.3, -0.25) is 9.78 Å². The second-order valence-electron chi connectivity index (χ2n) is 8.04. The normalized spacial score (nSPS) is 14.0. The van der Waals surface area contributed by atoms with E-state index in [-0.39, 0.29) is 11.8 Å². The number of carbonyl (C=O) groups excluding carboxylic acids is 1. The lowest BCUT2D eigenvalue weighted by Gasteiger charge is -2.40. The molecular formula is C24H20F3N5O3. The summed E-state index contributed by atoms with van der Waals surface area (Å²) in [4.78, 5) is 19.1. The predicted molar refractivity (Wildman–Crippen MR) is 122 cm³/mol. The van der Waals surface area contributed by atoms with Gasteiger partial charge in [-0.05, 0) is 31.2 Å². The van der Waals surface area contributed by atoms with Crippen LogP contribution in [0.25, 0.3) is 5.52 Å². The molecule has 180 valence electrons. The molecule has 0 radical (unpaired) electrons. The van der Waals surface area contributed by atoms with Crippen molar-refractivity contribution in [2.45, 2.75) is 19.4 Å². The molecule has 0 saturated carbocycles. The van der Waals surface area contributed by atoms with Gasteiger partial charge in [0, 0.05) is 35.3 Å². The highest BCUT2D eigenvalue weighted by atomic mass is 19.4. The van der Waals surface area contributed by atoms with E-state index in [1.54, 1.807) is 54.4 Å². The SMILES string of the molecule is Cc1c(OC2CN(c3cnn4ccncc34)C2)cccc1C(=O)Nc1cccc(OC(F)(F)F)c1. The van der Waals surface area contributed by atoms with E-state index in [2.05, 4.69) is 25.0 Å². The summed E-state index contributed by atoms with van der Waals surface area (Å²) in [5, 5.41) is 6.93. The Kier molecular flexibility index (Phi) is 5.67. The van der Waals surface area contributed by atoms with Crippen LogP contribution in [0.2, 0.25) is 0 Å². The average Bonchev–Trinajstić information content (AvgIpc) is 3.19. The number of alkyl halides is 3. The number of nitrogens with zero attached hydrogens (tertiary/aromatic N) is 4. The van der Waals surface area contributed by atoms with Gasteiger partial charge in [0.25, 0.3) is 5.91 Å². The van der Waals surface area contributed by atoms with Crippen molar-refractivity contribution in [2.24, 2.45) is 0 Å². The van der Waals surface area contributed by atoms with Crippen LogP contribution in [0.3, 0.4) is 0 Å². The lowest BCUT2D eigenvalue weighted by Crippen LogP contribution is -2.54. The summed E-state index contributed by atoms with van der Waals surface area (Å²) in [7, 11) is 0. The zero-order valence-corrected chi connectivity index (χ0v) is 18.5. The van der Waals surface area contributed by atoms with Crippen LogP contribution in [-0.2, 0) is 0 Å². The monoisotopic (exact) mass is 483 g/mol. The van der Waals surface area contributed by atoms with E-state index in [1.807, 2.05) is 0 Å². The van der Waals surface area contributed by atoms with Crippen molar-refractivity contribution in [2.75, 3.05) is 23.3 Å². The number of rotatable bonds is 6. The second-order valence-corrected chi connectivity index (χ2v) is 8.04. The van der Waals surface area contributed by atoms with Gasteiger partial charge in [-0.15, -0.1) is 13.2 Å². The van der Waals surface area contributed by atoms with Crippen molar-refractivity contribution in [3.8, 4) is 11.5 Å². The van der Waals surface area contributed by atoms with Crippen molar-refractivity contribution in [3.63, 3.8) is 0 Å². The molecule has 0 spiro atoms. The third-order valence-corrected chi connectivity index (χ3v) is 5.64. The van der Waals surface area contributed by atoms with Crippen LogP contribution in [-0.4, -0.2) is 46.1 Å². The number of halogens is 3. The molecule has 35 heavy (non-hydrogen) atoms. The Hall–Kier alpha value is -4.28. The van der Waals surface area contributed by atoms with E-state index < -0.39 is 18.0 Å². The van der Waals surface area contributed by atoms with Crippen LogP contribution >= 0.6 is 0 Å². The van der Waals surface area contributed by atoms with Gasteiger partial charge in [0.15, 0.2) is 0 Å². The molecule has 5 rings (SSSR count). The first-order chi connectivity index (χ1) is 16.8. The number of benzene rings is 2. The fraction of sp³-hybridized carbons (Fsp3) is 0.208. The van der Waals surface area contributed by atoms with Crippen LogP contribution in [0.5, 0.6) is 11.5 Å². The van der Waals surface area contributed by atoms with Crippen LogP contribution < -0.4 is 19.7 Å². The summed E-state index contributed by atoms with van der Waals surface area (Å²) in [6.45, 7) is 3.07. The Bertz CT molecular complexity index is 1380. The first-order valence-corrected chi connectivity index (χ1v) is 10.7. The Morgan fingerprint density at radius 2 is 1.94 bits per heavy atom. The molecule has 4 aromatic rings. The molecule has 11 heteroatoms. The quantitative estimate of drug-likeness (QED) is 0.436. The highest BCUT2D eigenvalue weighted by molar-refractivity contribution is 6.05. The number of nitrogens with one attached hydrogen (secondary N) is 1. The molecular weight excluding hydrogens is 463 g/mol. The van der Waals surface area contributed by atoms with Gasteiger partial charge in [0.1, 0.15) is 23.1 Å². The van der Waals surface area contributed by atoms with Gasteiger partial charge in [-0.2, -0.15) is 5.10 Å². The number of aromatic nitrogens is 3. The summed E-state index contributed by atoms with van der Waals surface area (Å²) < 4.78 is 49.2. The number of ether oxygens (including phenoxy) is 2. The van der Waals surface area contributed by atoms with Crippen LogP contribution in [0.1, 0.15) is 15.9 Å². The van der Waals surface area contributed by atoms with Crippen molar-refractivity contribution in [3.05, 3.63) is 78.4 Å². The van der Waals surface area contributed by atoms with E-state index in [0.717, 1.165) is 23.3 Å². The second kappa shape index (κ2) is 8.82. The molecule has 1 fully saturated rings. The number of amides is 1. The lowest BCUT2D eigenvalue weighted by molar-refractivity contribution is -0.274. The summed E-state index contributed by atoms with van der Waals surface area (Å²) in [6, 6.07) is 10.2. The molecule has 1 saturated heterocycles. The molecule has 0 unspecified atom stereocenters. The van der Waals surface area contributed by atoms with Gasteiger partial charge in [-0.25, -0.2) is 4.52 Å². The maximum absolute atomic E-state index is 12.8. The zero-order valence-electron chi connectivity index (χ0n) is 18.5. The largest absolute Gasteiger partial charge is 0.573 e. The smallest absolute Gasteiger partial charge is 0.486 e. The fourth-order valence-corrected chi connectivity index (χ4v) is 3.91. The van der Waals surface area contributed by atoms with Gasteiger partial charge < -0.3 is 19.7 Å². The maximum atomic E-state index is 12.8. The van der Waals surface area contributed by atoms with E-state index in [0.29, 0.717) is 30.0 Å². The maximum Gasteiger partial charge on any atom is 0.573 e. The topological polar surface area (TPSA) is 81.0 Å². The van der Waals surface area contributed by atoms with Gasteiger partial charge in [0.2, 0.25) is 0 Å². The Morgan fingerprint density at radius 1 is 1.14 bits per heavy atom. The molecule has 2 aromatic carbocycles. The minimum atomic E-state index is -4.82. The van der Waals surface area contributed by atoms with Gasteiger partial charge >= 0.3 is 6.36 Å². The molecule has 1 N–H and O–H groups in total. The van der Waals surface area contributed by atoms with Crippen molar-refractivity contribution in [1.82, 2.24) is 14.6 Å². The van der Waals surface area contributed by atoms with E-state index in [1.165, 1.54) is 12.1 Å². The standard InChI is InChI=1S/C24H20F3N5O3/c1-15-19(23(33)30-16-4-2-5-17(10-16)35-24(25,26)27)6-3-7-22(15)34-18-13-31(14-18)20-12-29-32-9-8-28-11-21(20)32/h2-12,18H,13-14H2,1H3,(H,30,33). The van der Waals surface area contributed by atoms with Crippen LogP contribution in [0.15, 0.2) is 67.3 Å². The number of hydrogen-bond acceptors (Lipinski definition) is 6. The molecule has 0 aliphatic carbocycles. The summed E-state index contributed by atoms with van der Waals surface area (Å²) in [5.74, 6) is -0.315. The van der Waals surface area contributed by atoms with E-state index in [9.17, 15) is 18.0 Å². The minimum absolute atomic E-state index is 0.0742. The number of anilines is 2. The third kappa shape index (κ3) is 4.84. The third-order valence-electron chi connectivity index (χ3n) is 5.64.